The van der Waals surface area contributed by atoms with Crippen molar-refractivity contribution in [3.63, 3.8) is 0 Å². The summed E-state index contributed by atoms with van der Waals surface area (Å²) in [7, 11) is 0. The lowest BCUT2D eigenvalue weighted by molar-refractivity contribution is 0.0518. The number of hydrogen-bond acceptors (Lipinski definition) is 5. The van der Waals surface area contributed by atoms with Gasteiger partial charge in [0.2, 0.25) is 0 Å². The van der Waals surface area contributed by atoms with Crippen LogP contribution in [0.5, 0.6) is 0 Å². The van der Waals surface area contributed by atoms with Crippen LogP contribution in [0.4, 0.5) is 0 Å². The predicted octanol–water partition coefficient (Wildman–Crippen LogP) is 1.19. The molecule has 3 heterocycles. The third kappa shape index (κ3) is 4.22. The number of nitrogens with zero attached hydrogens (tertiary/aromatic N) is 3. The molecule has 1 fully saturated rings. The Morgan fingerprint density at radius 2 is 1.85 bits per heavy atom. The number of pyridine rings is 1. The van der Waals surface area contributed by atoms with E-state index in [9.17, 15) is 14.4 Å². The summed E-state index contributed by atoms with van der Waals surface area (Å²) in [4.78, 5) is 44.3. The van der Waals surface area contributed by atoms with Crippen LogP contribution in [0.3, 0.4) is 0 Å². The SMILES string of the molecule is C=CCNC(=O)c1cc(C(=O)N2CCN(C(=O)c3ccco3)CC2)ccn1. The molecule has 2 aromatic heterocycles. The number of amides is 3. The molecule has 0 aliphatic carbocycles. The highest BCUT2D eigenvalue weighted by Gasteiger charge is 2.27. The Morgan fingerprint density at radius 1 is 1.15 bits per heavy atom. The quantitative estimate of drug-likeness (QED) is 0.800. The minimum atomic E-state index is -0.363. The molecule has 1 aliphatic rings. The highest BCUT2D eigenvalue weighted by molar-refractivity contribution is 5.98. The molecule has 140 valence electrons. The predicted molar refractivity (Wildman–Crippen MR) is 97.3 cm³/mol. The summed E-state index contributed by atoms with van der Waals surface area (Å²) in [5.74, 6) is -0.449. The first-order chi connectivity index (χ1) is 13.1. The van der Waals surface area contributed by atoms with Crippen molar-refractivity contribution in [1.29, 1.82) is 0 Å². The van der Waals surface area contributed by atoms with E-state index in [0.29, 0.717) is 44.0 Å². The molecule has 0 saturated carbocycles. The van der Waals surface area contributed by atoms with E-state index in [1.54, 1.807) is 34.1 Å². The van der Waals surface area contributed by atoms with Crippen LogP contribution in [-0.2, 0) is 0 Å². The number of rotatable bonds is 5. The van der Waals surface area contributed by atoms with Gasteiger partial charge in [0.25, 0.3) is 17.7 Å². The Labute approximate surface area is 156 Å². The smallest absolute Gasteiger partial charge is 0.289 e. The van der Waals surface area contributed by atoms with Crippen LogP contribution in [0.1, 0.15) is 31.4 Å². The lowest BCUT2D eigenvalue weighted by Gasteiger charge is -2.34. The summed E-state index contributed by atoms with van der Waals surface area (Å²) in [5, 5.41) is 2.63. The van der Waals surface area contributed by atoms with Crippen molar-refractivity contribution in [2.75, 3.05) is 32.7 Å². The minimum Gasteiger partial charge on any atom is -0.459 e. The van der Waals surface area contributed by atoms with Crippen LogP contribution in [0.15, 0.2) is 53.8 Å². The highest BCUT2D eigenvalue weighted by Crippen LogP contribution is 2.12. The highest BCUT2D eigenvalue weighted by atomic mass is 16.3. The number of carbonyl (C=O) groups is 3. The Hall–Kier alpha value is -3.42. The zero-order valence-corrected chi connectivity index (χ0v) is 14.8. The lowest BCUT2D eigenvalue weighted by Crippen LogP contribution is -2.50. The van der Waals surface area contributed by atoms with Crippen molar-refractivity contribution < 1.29 is 18.8 Å². The lowest BCUT2D eigenvalue weighted by atomic mass is 10.1. The van der Waals surface area contributed by atoms with Gasteiger partial charge in [-0.2, -0.15) is 0 Å². The molecular weight excluding hydrogens is 348 g/mol. The fourth-order valence-electron chi connectivity index (χ4n) is 2.79. The molecule has 0 atom stereocenters. The second-order valence-electron chi connectivity index (χ2n) is 5.99. The summed E-state index contributed by atoms with van der Waals surface area (Å²) < 4.78 is 5.13. The molecule has 0 radical (unpaired) electrons. The molecule has 1 aliphatic heterocycles. The van der Waals surface area contributed by atoms with E-state index in [1.165, 1.54) is 18.5 Å². The van der Waals surface area contributed by atoms with Gasteiger partial charge in [0.1, 0.15) is 5.69 Å². The standard InChI is InChI=1S/C19H20N4O4/c1-2-6-21-17(24)15-13-14(5-7-20-15)18(25)22-8-10-23(11-9-22)19(26)16-4-3-12-27-16/h2-5,7,12-13H,1,6,8-11H2,(H,21,24). The first-order valence-electron chi connectivity index (χ1n) is 8.57. The number of hydrogen-bond donors (Lipinski definition) is 1. The van der Waals surface area contributed by atoms with E-state index in [4.69, 9.17) is 4.42 Å². The summed E-state index contributed by atoms with van der Waals surface area (Å²) in [6, 6.07) is 6.34. The molecule has 0 unspecified atom stereocenters. The number of nitrogens with one attached hydrogen (secondary N) is 1. The third-order valence-corrected chi connectivity index (χ3v) is 4.23. The van der Waals surface area contributed by atoms with Crippen molar-refractivity contribution in [3.8, 4) is 0 Å². The van der Waals surface area contributed by atoms with E-state index in [2.05, 4.69) is 16.9 Å². The van der Waals surface area contributed by atoms with Gasteiger partial charge in [-0.05, 0) is 24.3 Å². The zero-order valence-electron chi connectivity index (χ0n) is 14.8. The molecular formula is C19H20N4O4. The topological polar surface area (TPSA) is 95.8 Å². The Kier molecular flexibility index (Phi) is 5.65. The van der Waals surface area contributed by atoms with Gasteiger partial charge < -0.3 is 19.5 Å². The second kappa shape index (κ2) is 8.31. The van der Waals surface area contributed by atoms with Crippen molar-refractivity contribution >= 4 is 17.7 Å². The second-order valence-corrected chi connectivity index (χ2v) is 5.99. The van der Waals surface area contributed by atoms with Gasteiger partial charge in [0, 0.05) is 44.5 Å². The third-order valence-electron chi connectivity index (χ3n) is 4.23. The molecule has 0 aromatic carbocycles. The summed E-state index contributed by atoms with van der Waals surface area (Å²) in [5.41, 5.74) is 0.564. The maximum Gasteiger partial charge on any atom is 0.289 e. The monoisotopic (exact) mass is 368 g/mol. The fraction of sp³-hybridized carbons (Fsp3) is 0.263. The first kappa shape index (κ1) is 18.4. The van der Waals surface area contributed by atoms with Gasteiger partial charge in [-0.15, -0.1) is 6.58 Å². The molecule has 0 spiro atoms. The summed E-state index contributed by atoms with van der Waals surface area (Å²) in [6.45, 7) is 5.52. The van der Waals surface area contributed by atoms with Crippen LogP contribution in [0.25, 0.3) is 0 Å². The van der Waals surface area contributed by atoms with Gasteiger partial charge in [-0.25, -0.2) is 0 Å². The summed E-state index contributed by atoms with van der Waals surface area (Å²) >= 11 is 0. The fourth-order valence-corrected chi connectivity index (χ4v) is 2.79. The number of aromatic nitrogens is 1. The average molecular weight is 368 g/mol. The van der Waals surface area contributed by atoms with Gasteiger partial charge >= 0.3 is 0 Å². The van der Waals surface area contributed by atoms with Crippen molar-refractivity contribution in [2.45, 2.75) is 0 Å². The van der Waals surface area contributed by atoms with Crippen molar-refractivity contribution in [2.24, 2.45) is 0 Å². The van der Waals surface area contributed by atoms with Crippen molar-refractivity contribution in [1.82, 2.24) is 20.1 Å². The molecule has 1 N–H and O–H groups in total. The summed E-state index contributed by atoms with van der Waals surface area (Å²) in [6.07, 6.45) is 4.46. The molecule has 2 aromatic rings. The van der Waals surface area contributed by atoms with Gasteiger partial charge in [0.05, 0.1) is 6.26 Å². The molecule has 8 nitrogen and oxygen atoms in total. The molecule has 8 heteroatoms. The minimum absolute atomic E-state index is 0.175. The van der Waals surface area contributed by atoms with E-state index in [1.807, 2.05) is 0 Å². The van der Waals surface area contributed by atoms with E-state index in [0.717, 1.165) is 0 Å². The van der Waals surface area contributed by atoms with Crippen LogP contribution < -0.4 is 5.32 Å². The Balaban J connectivity index is 1.61. The Morgan fingerprint density at radius 3 is 2.48 bits per heavy atom. The van der Waals surface area contributed by atoms with Gasteiger partial charge in [-0.1, -0.05) is 6.08 Å². The molecule has 0 bridgehead atoms. The average Bonchev–Trinajstić information content (AvgIpc) is 3.26. The largest absolute Gasteiger partial charge is 0.459 e. The van der Waals surface area contributed by atoms with Gasteiger partial charge in [-0.3, -0.25) is 19.4 Å². The molecule has 1 saturated heterocycles. The Bertz CT molecular complexity index is 839. The molecule has 3 amide bonds. The molecule has 3 rings (SSSR count). The van der Waals surface area contributed by atoms with Crippen LogP contribution in [0.2, 0.25) is 0 Å². The maximum atomic E-state index is 12.7. The number of furan rings is 1. The van der Waals surface area contributed by atoms with E-state index < -0.39 is 0 Å². The first-order valence-corrected chi connectivity index (χ1v) is 8.57. The van der Waals surface area contributed by atoms with Crippen molar-refractivity contribution in [3.05, 3.63) is 66.4 Å². The van der Waals surface area contributed by atoms with Crippen LogP contribution in [-0.4, -0.2) is 65.2 Å². The molecule has 27 heavy (non-hydrogen) atoms. The zero-order chi connectivity index (χ0) is 19.2. The van der Waals surface area contributed by atoms with Crippen LogP contribution >= 0.6 is 0 Å². The maximum absolute atomic E-state index is 12.7. The van der Waals surface area contributed by atoms with Crippen LogP contribution in [0, 0.1) is 0 Å². The van der Waals surface area contributed by atoms with E-state index >= 15 is 0 Å². The normalized spacial score (nSPS) is 13.9. The number of carbonyl (C=O) groups excluding carboxylic acids is 3. The number of piperazine rings is 1. The van der Waals surface area contributed by atoms with E-state index in [-0.39, 0.29) is 23.4 Å². The van der Waals surface area contributed by atoms with Gasteiger partial charge in [0.15, 0.2) is 5.76 Å².